The van der Waals surface area contributed by atoms with Gasteiger partial charge < -0.3 is 10.8 Å². The van der Waals surface area contributed by atoms with Crippen LogP contribution in [-0.2, 0) is 18.4 Å². The fraction of sp³-hybridized carbons (Fsp3) is 0.636. The molecule has 0 saturated heterocycles. The Balaban J connectivity index is 2.32. The van der Waals surface area contributed by atoms with Gasteiger partial charge in [0.2, 0.25) is 0 Å². The van der Waals surface area contributed by atoms with Crippen molar-refractivity contribution in [2.75, 3.05) is 6.54 Å². The van der Waals surface area contributed by atoms with Crippen molar-refractivity contribution < 1.29 is 5.11 Å². The lowest BCUT2D eigenvalue weighted by Crippen LogP contribution is -2.30. The van der Waals surface area contributed by atoms with Crippen molar-refractivity contribution in [3.8, 4) is 0 Å². The number of hydrogen-bond acceptors (Lipinski definition) is 3. The highest BCUT2D eigenvalue weighted by Crippen LogP contribution is 2.34. The Hall–Kier alpha value is -0.380. The molecule has 78 valence electrons. The highest BCUT2D eigenvalue weighted by atomic mass is 32.1. The highest BCUT2D eigenvalue weighted by molar-refractivity contribution is 7.12. The zero-order valence-electron chi connectivity index (χ0n) is 8.55. The summed E-state index contributed by atoms with van der Waals surface area (Å²) < 4.78 is 0. The Kier molecular flexibility index (Phi) is 2.64. The molecule has 1 unspecified atom stereocenters. The molecular formula is C11H17NOS. The van der Waals surface area contributed by atoms with E-state index in [4.69, 9.17) is 5.73 Å². The first kappa shape index (κ1) is 10.1. The third-order valence-corrected chi connectivity index (χ3v) is 4.42. The topological polar surface area (TPSA) is 46.2 Å². The minimum atomic E-state index is -0.831. The molecule has 0 radical (unpaired) electrons. The smallest absolute Gasteiger partial charge is 0.108 e. The summed E-state index contributed by atoms with van der Waals surface area (Å²) in [7, 11) is 0. The van der Waals surface area contributed by atoms with Gasteiger partial charge in [-0.3, -0.25) is 0 Å². The van der Waals surface area contributed by atoms with Crippen molar-refractivity contribution in [1.82, 2.24) is 0 Å². The molecule has 0 spiro atoms. The standard InChI is InChI=1S/C11H17NOS/c1-11(13,7-12)10-6-8-4-2-3-5-9(8)14-10/h6,13H,2-5,7,12H2,1H3. The molecule has 0 aliphatic heterocycles. The second kappa shape index (κ2) is 3.65. The molecule has 1 heterocycles. The largest absolute Gasteiger partial charge is 0.383 e. The zero-order chi connectivity index (χ0) is 10.2. The van der Waals surface area contributed by atoms with Crippen LogP contribution in [0.2, 0.25) is 0 Å². The molecule has 0 bridgehead atoms. The van der Waals surface area contributed by atoms with Crippen LogP contribution in [0.5, 0.6) is 0 Å². The summed E-state index contributed by atoms with van der Waals surface area (Å²) in [5.41, 5.74) is 6.16. The number of aliphatic hydroxyl groups is 1. The first-order chi connectivity index (χ1) is 6.63. The first-order valence-corrected chi connectivity index (χ1v) is 5.99. The molecule has 3 heteroatoms. The molecule has 1 aromatic rings. The zero-order valence-corrected chi connectivity index (χ0v) is 9.36. The van der Waals surface area contributed by atoms with Crippen LogP contribution in [0, 0.1) is 0 Å². The lowest BCUT2D eigenvalue weighted by molar-refractivity contribution is 0.0707. The van der Waals surface area contributed by atoms with E-state index in [0.717, 1.165) is 4.88 Å². The summed E-state index contributed by atoms with van der Waals surface area (Å²) in [6.07, 6.45) is 4.93. The summed E-state index contributed by atoms with van der Waals surface area (Å²) in [6, 6.07) is 2.14. The van der Waals surface area contributed by atoms with Gasteiger partial charge in [-0.2, -0.15) is 0 Å². The molecule has 1 aromatic heterocycles. The van der Waals surface area contributed by atoms with Crippen LogP contribution in [0.25, 0.3) is 0 Å². The van der Waals surface area contributed by atoms with E-state index in [-0.39, 0.29) is 0 Å². The van der Waals surface area contributed by atoms with Crippen LogP contribution < -0.4 is 5.73 Å². The molecule has 14 heavy (non-hydrogen) atoms. The van der Waals surface area contributed by atoms with Crippen LogP contribution in [0.4, 0.5) is 0 Å². The number of aryl methyl sites for hydroxylation is 2. The van der Waals surface area contributed by atoms with Gasteiger partial charge in [0.05, 0.1) is 0 Å². The molecule has 1 aliphatic rings. The lowest BCUT2D eigenvalue weighted by Gasteiger charge is -2.18. The SMILES string of the molecule is CC(O)(CN)c1cc2c(s1)CCCC2. The maximum Gasteiger partial charge on any atom is 0.108 e. The number of thiophene rings is 1. The highest BCUT2D eigenvalue weighted by Gasteiger charge is 2.25. The molecular weight excluding hydrogens is 194 g/mol. The van der Waals surface area contributed by atoms with Gasteiger partial charge in [-0.1, -0.05) is 0 Å². The third-order valence-electron chi connectivity index (χ3n) is 2.92. The van der Waals surface area contributed by atoms with E-state index in [1.54, 1.807) is 18.3 Å². The van der Waals surface area contributed by atoms with Crippen molar-refractivity contribution in [1.29, 1.82) is 0 Å². The first-order valence-electron chi connectivity index (χ1n) is 5.18. The van der Waals surface area contributed by atoms with E-state index in [2.05, 4.69) is 6.07 Å². The second-order valence-corrected chi connectivity index (χ2v) is 5.38. The Labute approximate surface area is 88.8 Å². The number of hydrogen-bond donors (Lipinski definition) is 2. The molecule has 3 N–H and O–H groups in total. The normalized spacial score (nSPS) is 20.2. The monoisotopic (exact) mass is 211 g/mol. The Morgan fingerprint density at radius 1 is 1.50 bits per heavy atom. The van der Waals surface area contributed by atoms with Gasteiger partial charge in [-0.15, -0.1) is 11.3 Å². The second-order valence-electron chi connectivity index (χ2n) is 4.24. The summed E-state index contributed by atoms with van der Waals surface area (Å²) in [4.78, 5) is 2.49. The minimum Gasteiger partial charge on any atom is -0.383 e. The van der Waals surface area contributed by atoms with E-state index in [1.165, 1.54) is 36.1 Å². The van der Waals surface area contributed by atoms with Gasteiger partial charge in [0.15, 0.2) is 0 Å². The maximum atomic E-state index is 10.0. The molecule has 1 atom stereocenters. The fourth-order valence-electron chi connectivity index (χ4n) is 1.86. The Bertz CT molecular complexity index is 307. The fourth-order valence-corrected chi connectivity index (χ4v) is 3.16. The lowest BCUT2D eigenvalue weighted by atomic mass is 9.97. The average molecular weight is 211 g/mol. The van der Waals surface area contributed by atoms with Crippen molar-refractivity contribution in [2.24, 2.45) is 5.73 Å². The van der Waals surface area contributed by atoms with Gasteiger partial charge in [-0.25, -0.2) is 0 Å². The molecule has 0 amide bonds. The average Bonchev–Trinajstić information content (AvgIpc) is 2.61. The van der Waals surface area contributed by atoms with Gasteiger partial charge in [0.1, 0.15) is 5.60 Å². The summed E-state index contributed by atoms with van der Waals surface area (Å²) in [5, 5.41) is 10.0. The predicted molar refractivity (Wildman–Crippen MR) is 59.6 cm³/mol. The summed E-state index contributed by atoms with van der Waals surface area (Å²) in [6.45, 7) is 2.09. The van der Waals surface area contributed by atoms with E-state index < -0.39 is 5.60 Å². The third kappa shape index (κ3) is 1.72. The Morgan fingerprint density at radius 3 is 2.86 bits per heavy atom. The molecule has 2 nitrogen and oxygen atoms in total. The summed E-state index contributed by atoms with van der Waals surface area (Å²) in [5.74, 6) is 0. The maximum absolute atomic E-state index is 10.0. The van der Waals surface area contributed by atoms with Crippen molar-refractivity contribution in [3.63, 3.8) is 0 Å². The van der Waals surface area contributed by atoms with Crippen LogP contribution in [0.3, 0.4) is 0 Å². The molecule has 0 saturated carbocycles. The van der Waals surface area contributed by atoms with E-state index in [1.807, 2.05) is 0 Å². The van der Waals surface area contributed by atoms with Gasteiger partial charge in [0.25, 0.3) is 0 Å². The van der Waals surface area contributed by atoms with Crippen molar-refractivity contribution in [3.05, 3.63) is 21.4 Å². The van der Waals surface area contributed by atoms with Crippen molar-refractivity contribution in [2.45, 2.75) is 38.2 Å². The minimum absolute atomic E-state index is 0.298. The van der Waals surface area contributed by atoms with E-state index in [0.29, 0.717) is 6.54 Å². The number of nitrogens with two attached hydrogens (primary N) is 1. The van der Waals surface area contributed by atoms with Gasteiger partial charge in [-0.05, 0) is 44.2 Å². The van der Waals surface area contributed by atoms with Crippen LogP contribution in [0.15, 0.2) is 6.07 Å². The van der Waals surface area contributed by atoms with Gasteiger partial charge in [0, 0.05) is 16.3 Å². The van der Waals surface area contributed by atoms with Crippen LogP contribution >= 0.6 is 11.3 Å². The summed E-state index contributed by atoms with van der Waals surface area (Å²) >= 11 is 1.74. The van der Waals surface area contributed by atoms with Gasteiger partial charge >= 0.3 is 0 Å². The quantitative estimate of drug-likeness (QED) is 0.783. The number of fused-ring (bicyclic) bond motifs is 1. The number of rotatable bonds is 2. The molecule has 0 aromatic carbocycles. The van der Waals surface area contributed by atoms with Crippen LogP contribution in [0.1, 0.15) is 35.1 Å². The molecule has 0 fully saturated rings. The molecule has 1 aliphatic carbocycles. The van der Waals surface area contributed by atoms with Crippen molar-refractivity contribution >= 4 is 11.3 Å². The van der Waals surface area contributed by atoms with E-state index in [9.17, 15) is 5.11 Å². The van der Waals surface area contributed by atoms with Crippen LogP contribution in [-0.4, -0.2) is 11.7 Å². The molecule has 2 rings (SSSR count). The van der Waals surface area contributed by atoms with E-state index >= 15 is 0 Å². The Morgan fingerprint density at radius 2 is 2.21 bits per heavy atom. The predicted octanol–water partition coefficient (Wildman–Crippen LogP) is 1.79.